The minimum Gasteiger partial charge on any atom is -0.244 e. The Hall–Kier alpha value is -0.990. The molecule has 0 fully saturated rings. The Morgan fingerprint density at radius 3 is 2.75 bits per heavy atom. The summed E-state index contributed by atoms with van der Waals surface area (Å²) in [6, 6.07) is 0. The molecule has 8 heavy (non-hydrogen) atoms. The summed E-state index contributed by atoms with van der Waals surface area (Å²) in [5.74, 6) is -0.444. The van der Waals surface area contributed by atoms with Crippen molar-refractivity contribution < 1.29 is 4.39 Å². The number of nitrogens with zero attached hydrogens (tertiary/aromatic N) is 2. The summed E-state index contributed by atoms with van der Waals surface area (Å²) in [5.41, 5.74) is 0.479. The van der Waals surface area contributed by atoms with Crippen molar-refractivity contribution in [3.8, 4) is 0 Å². The Labute approximate surface area is 46.4 Å². The van der Waals surface area contributed by atoms with E-state index in [0.29, 0.717) is 5.56 Å². The Morgan fingerprint density at radius 1 is 1.62 bits per heavy atom. The van der Waals surface area contributed by atoms with Crippen LogP contribution in [0.25, 0.3) is 0 Å². The van der Waals surface area contributed by atoms with Crippen molar-refractivity contribution in [1.29, 1.82) is 0 Å². The van der Waals surface area contributed by atoms with Crippen LogP contribution in [0.2, 0.25) is 0 Å². The third-order valence-corrected chi connectivity index (χ3v) is 0.831. The molecule has 1 aromatic rings. The van der Waals surface area contributed by atoms with E-state index in [9.17, 15) is 4.39 Å². The van der Waals surface area contributed by atoms with Gasteiger partial charge in [0.2, 0.25) is 5.95 Å². The molecule has 0 amide bonds. The average molecular weight is 112 g/mol. The van der Waals surface area contributed by atoms with E-state index in [1.165, 1.54) is 12.5 Å². The number of hydrogen-bond acceptors (Lipinski definition) is 2. The van der Waals surface area contributed by atoms with E-state index in [-0.39, 0.29) is 0 Å². The van der Waals surface area contributed by atoms with Crippen LogP contribution < -0.4 is 0 Å². The van der Waals surface area contributed by atoms with Gasteiger partial charge in [-0.15, -0.1) is 0 Å². The maximum Gasteiger partial charge on any atom is 0.218 e. The van der Waals surface area contributed by atoms with Gasteiger partial charge >= 0.3 is 0 Å². The van der Waals surface area contributed by atoms with Gasteiger partial charge in [-0.05, 0) is 6.92 Å². The minimum absolute atomic E-state index is 0.444. The Balaban J connectivity index is 3.13. The zero-order chi connectivity index (χ0) is 5.98. The molecule has 1 heterocycles. The first-order chi connectivity index (χ1) is 3.80. The first kappa shape index (κ1) is 5.15. The molecule has 0 aromatic carbocycles. The standard InChI is InChI=1S/C5H5FN2/c1-4-2-7-3-8-5(4)6/h2-3H,1H3. The van der Waals surface area contributed by atoms with Gasteiger partial charge in [-0.25, -0.2) is 9.97 Å². The third-order valence-electron chi connectivity index (χ3n) is 0.831. The van der Waals surface area contributed by atoms with Crippen molar-refractivity contribution in [2.24, 2.45) is 0 Å². The van der Waals surface area contributed by atoms with E-state index < -0.39 is 5.95 Å². The maximum atomic E-state index is 12.2. The fraction of sp³-hybridized carbons (Fsp3) is 0.200. The topological polar surface area (TPSA) is 25.8 Å². The van der Waals surface area contributed by atoms with Gasteiger partial charge in [0.25, 0.3) is 0 Å². The molecular formula is C5H5FN2. The number of aromatic nitrogens is 2. The third kappa shape index (κ3) is 0.804. The van der Waals surface area contributed by atoms with Crippen molar-refractivity contribution in [3.63, 3.8) is 0 Å². The van der Waals surface area contributed by atoms with Crippen molar-refractivity contribution in [1.82, 2.24) is 9.97 Å². The molecule has 42 valence electrons. The molecule has 0 N–H and O–H groups in total. The van der Waals surface area contributed by atoms with E-state index in [4.69, 9.17) is 0 Å². The predicted molar refractivity (Wildman–Crippen MR) is 26.7 cm³/mol. The first-order valence-electron chi connectivity index (χ1n) is 2.23. The number of hydrogen-bond donors (Lipinski definition) is 0. The highest BCUT2D eigenvalue weighted by atomic mass is 19.1. The van der Waals surface area contributed by atoms with Gasteiger partial charge in [0.15, 0.2) is 0 Å². The van der Waals surface area contributed by atoms with Crippen molar-refractivity contribution in [3.05, 3.63) is 24.0 Å². The summed E-state index contributed by atoms with van der Waals surface area (Å²) in [6.07, 6.45) is 2.62. The van der Waals surface area contributed by atoms with E-state index in [1.54, 1.807) is 6.92 Å². The van der Waals surface area contributed by atoms with Gasteiger partial charge in [0.05, 0.1) is 0 Å². The molecule has 0 saturated carbocycles. The Morgan fingerprint density at radius 2 is 2.38 bits per heavy atom. The van der Waals surface area contributed by atoms with Gasteiger partial charge in [-0.1, -0.05) is 0 Å². The Bertz CT molecular complexity index is 167. The van der Waals surface area contributed by atoms with Crippen molar-refractivity contribution >= 4 is 0 Å². The summed E-state index contributed by atoms with van der Waals surface area (Å²) in [5, 5.41) is 0. The second-order valence-electron chi connectivity index (χ2n) is 1.50. The molecule has 0 bridgehead atoms. The van der Waals surface area contributed by atoms with Crippen LogP contribution in [-0.2, 0) is 0 Å². The Kier molecular flexibility index (Phi) is 1.20. The zero-order valence-electron chi connectivity index (χ0n) is 4.43. The van der Waals surface area contributed by atoms with Crippen LogP contribution in [0.4, 0.5) is 4.39 Å². The lowest BCUT2D eigenvalue weighted by molar-refractivity contribution is 0.569. The van der Waals surface area contributed by atoms with Gasteiger partial charge in [-0.3, -0.25) is 0 Å². The van der Waals surface area contributed by atoms with Crippen molar-refractivity contribution in [2.45, 2.75) is 6.92 Å². The highest BCUT2D eigenvalue weighted by molar-refractivity contribution is 5.00. The maximum absolute atomic E-state index is 12.2. The second-order valence-corrected chi connectivity index (χ2v) is 1.50. The molecule has 0 atom stereocenters. The molecule has 1 aromatic heterocycles. The molecule has 0 aliphatic rings. The fourth-order valence-corrected chi connectivity index (χ4v) is 0.384. The SMILES string of the molecule is Cc1cncnc1F. The highest BCUT2D eigenvalue weighted by Gasteiger charge is 1.91. The van der Waals surface area contributed by atoms with Crippen LogP contribution in [0.15, 0.2) is 12.5 Å². The summed E-state index contributed by atoms with van der Waals surface area (Å²) in [6.45, 7) is 1.62. The molecule has 0 aliphatic carbocycles. The van der Waals surface area contributed by atoms with E-state index >= 15 is 0 Å². The minimum atomic E-state index is -0.444. The lowest BCUT2D eigenvalue weighted by atomic mass is 10.4. The molecule has 0 aliphatic heterocycles. The van der Waals surface area contributed by atoms with Crippen LogP contribution in [-0.4, -0.2) is 9.97 Å². The van der Waals surface area contributed by atoms with Crippen LogP contribution in [0.3, 0.4) is 0 Å². The zero-order valence-corrected chi connectivity index (χ0v) is 4.43. The van der Waals surface area contributed by atoms with Crippen molar-refractivity contribution in [2.75, 3.05) is 0 Å². The number of aryl methyl sites for hydroxylation is 1. The summed E-state index contributed by atoms with van der Waals surface area (Å²) in [7, 11) is 0. The summed E-state index contributed by atoms with van der Waals surface area (Å²) >= 11 is 0. The largest absolute Gasteiger partial charge is 0.244 e. The van der Waals surface area contributed by atoms with Gasteiger partial charge in [0.1, 0.15) is 6.33 Å². The van der Waals surface area contributed by atoms with E-state index in [2.05, 4.69) is 9.97 Å². The average Bonchev–Trinajstić information content (AvgIpc) is 1.77. The quantitative estimate of drug-likeness (QED) is 0.466. The molecular weight excluding hydrogens is 107 g/mol. The molecule has 0 saturated heterocycles. The molecule has 2 nitrogen and oxygen atoms in total. The van der Waals surface area contributed by atoms with Crippen LogP contribution in [0.5, 0.6) is 0 Å². The van der Waals surface area contributed by atoms with E-state index in [1.807, 2.05) is 0 Å². The highest BCUT2D eigenvalue weighted by Crippen LogP contribution is 1.95. The molecule has 3 heteroatoms. The first-order valence-corrected chi connectivity index (χ1v) is 2.23. The van der Waals surface area contributed by atoms with Crippen LogP contribution in [0.1, 0.15) is 5.56 Å². The number of rotatable bonds is 0. The smallest absolute Gasteiger partial charge is 0.218 e. The predicted octanol–water partition coefficient (Wildman–Crippen LogP) is 0.924. The lowest BCUT2D eigenvalue weighted by Crippen LogP contribution is -1.86. The van der Waals surface area contributed by atoms with Gasteiger partial charge in [-0.2, -0.15) is 4.39 Å². The monoisotopic (exact) mass is 112 g/mol. The second kappa shape index (κ2) is 1.86. The summed E-state index contributed by atoms with van der Waals surface area (Å²) in [4.78, 5) is 6.89. The molecule has 0 spiro atoms. The normalized spacial score (nSPS) is 9.25. The number of halogens is 1. The molecule has 0 unspecified atom stereocenters. The molecule has 0 radical (unpaired) electrons. The summed E-state index contributed by atoms with van der Waals surface area (Å²) < 4.78 is 12.2. The van der Waals surface area contributed by atoms with Crippen LogP contribution in [0, 0.1) is 12.9 Å². The van der Waals surface area contributed by atoms with Gasteiger partial charge in [0, 0.05) is 11.8 Å². The van der Waals surface area contributed by atoms with E-state index in [0.717, 1.165) is 0 Å². The fourth-order valence-electron chi connectivity index (χ4n) is 0.384. The lowest BCUT2D eigenvalue weighted by Gasteiger charge is -1.87. The molecule has 1 rings (SSSR count). The van der Waals surface area contributed by atoms with Crippen LogP contribution >= 0.6 is 0 Å². The van der Waals surface area contributed by atoms with Gasteiger partial charge < -0.3 is 0 Å².